The normalized spacial score (nSPS) is 21.6. The van der Waals surface area contributed by atoms with Gasteiger partial charge in [-0.25, -0.2) is 19.2 Å². The number of aryl methyl sites for hydroxylation is 1. The van der Waals surface area contributed by atoms with Gasteiger partial charge in [0, 0.05) is 6.20 Å². The molecule has 2 N–H and O–H groups in total. The Labute approximate surface area is 183 Å². The van der Waals surface area contributed by atoms with Crippen molar-refractivity contribution in [3.8, 4) is 5.88 Å². The number of cyclic esters (lactones) is 1. The fourth-order valence-electron chi connectivity index (χ4n) is 4.30. The zero-order valence-electron chi connectivity index (χ0n) is 17.6. The van der Waals surface area contributed by atoms with E-state index in [0.29, 0.717) is 43.4 Å². The Bertz CT molecular complexity index is 1080. The minimum absolute atomic E-state index is 0.111. The van der Waals surface area contributed by atoms with E-state index in [9.17, 15) is 14.0 Å². The molecule has 3 aliphatic rings. The highest BCUT2D eigenvalue weighted by molar-refractivity contribution is 5.94. The number of hydrogen-bond acceptors (Lipinski definition) is 8. The van der Waals surface area contributed by atoms with Crippen LogP contribution in [0.25, 0.3) is 0 Å². The second kappa shape index (κ2) is 8.30. The van der Waals surface area contributed by atoms with E-state index in [-0.39, 0.29) is 36.1 Å². The number of nitrogens with zero attached hydrogens (tertiary/aromatic N) is 4. The van der Waals surface area contributed by atoms with Gasteiger partial charge in [-0.15, -0.1) is 0 Å². The summed E-state index contributed by atoms with van der Waals surface area (Å²) in [6.07, 6.45) is 4.57. The highest BCUT2D eigenvalue weighted by atomic mass is 19.1. The number of hydrogen-bond donors (Lipinski definition) is 2. The van der Waals surface area contributed by atoms with Crippen LogP contribution in [0.5, 0.6) is 5.88 Å². The van der Waals surface area contributed by atoms with E-state index in [2.05, 4.69) is 25.6 Å². The number of halogens is 1. The van der Waals surface area contributed by atoms with Crippen LogP contribution in [0, 0.1) is 18.7 Å². The minimum Gasteiger partial charge on any atom is -0.465 e. The summed E-state index contributed by atoms with van der Waals surface area (Å²) in [6, 6.07) is 0. The van der Waals surface area contributed by atoms with Crippen molar-refractivity contribution in [1.29, 1.82) is 0 Å². The third-order valence-corrected chi connectivity index (χ3v) is 5.94. The molecule has 1 aliphatic carbocycles. The van der Waals surface area contributed by atoms with Crippen LogP contribution in [0.15, 0.2) is 12.4 Å². The molecule has 32 heavy (non-hydrogen) atoms. The molecule has 0 saturated carbocycles. The lowest BCUT2D eigenvalue weighted by Crippen LogP contribution is -2.30. The van der Waals surface area contributed by atoms with Crippen molar-refractivity contribution < 1.29 is 23.5 Å². The first kappa shape index (κ1) is 20.6. The van der Waals surface area contributed by atoms with Crippen molar-refractivity contribution in [2.45, 2.75) is 32.3 Å². The molecule has 1 saturated heterocycles. The number of pyridine rings is 1. The summed E-state index contributed by atoms with van der Waals surface area (Å²) < 4.78 is 24.9. The summed E-state index contributed by atoms with van der Waals surface area (Å²) in [5.74, 6) is 0.534. The number of anilines is 2. The van der Waals surface area contributed by atoms with E-state index < -0.39 is 6.09 Å². The number of rotatable bonds is 6. The molecule has 1 fully saturated rings. The van der Waals surface area contributed by atoms with Gasteiger partial charge in [0.05, 0.1) is 18.4 Å². The molecule has 0 spiro atoms. The summed E-state index contributed by atoms with van der Waals surface area (Å²) in [7, 11) is 0. The fraction of sp³-hybridized carbons (Fsp3) is 0.476. The van der Waals surface area contributed by atoms with Gasteiger partial charge in [0.25, 0.3) is 11.8 Å². The summed E-state index contributed by atoms with van der Waals surface area (Å²) in [5, 5.41) is 5.97. The molecular formula is C21H23FN6O4. The van der Waals surface area contributed by atoms with Gasteiger partial charge in [-0.2, -0.15) is 0 Å². The number of aromatic nitrogens is 3. The maximum absolute atomic E-state index is 14.2. The second-order valence-electron chi connectivity index (χ2n) is 8.26. The van der Waals surface area contributed by atoms with Gasteiger partial charge in [0.15, 0.2) is 18.2 Å². The lowest BCUT2D eigenvalue weighted by Gasteiger charge is -2.18. The highest BCUT2D eigenvalue weighted by Gasteiger charge is 2.34. The van der Waals surface area contributed by atoms with Gasteiger partial charge < -0.3 is 20.1 Å². The van der Waals surface area contributed by atoms with E-state index in [4.69, 9.17) is 9.47 Å². The Morgan fingerprint density at radius 1 is 1.28 bits per heavy atom. The Morgan fingerprint density at radius 3 is 3.03 bits per heavy atom. The first-order valence-electron chi connectivity index (χ1n) is 10.6. The highest BCUT2D eigenvalue weighted by Crippen LogP contribution is 2.30. The van der Waals surface area contributed by atoms with Crippen LogP contribution < -0.4 is 20.3 Å². The van der Waals surface area contributed by atoms with Crippen LogP contribution in [-0.4, -0.2) is 59.3 Å². The topological polar surface area (TPSA) is 119 Å². The molecule has 0 aromatic carbocycles. The second-order valence-corrected chi connectivity index (χ2v) is 8.26. The van der Waals surface area contributed by atoms with Crippen LogP contribution in [0.1, 0.15) is 23.2 Å². The van der Waals surface area contributed by atoms with E-state index in [1.54, 1.807) is 13.1 Å². The van der Waals surface area contributed by atoms with Crippen LogP contribution >= 0.6 is 0 Å². The van der Waals surface area contributed by atoms with Gasteiger partial charge >= 0.3 is 6.09 Å². The Hall–Kier alpha value is -3.34. The maximum atomic E-state index is 14.2. The molecule has 0 bridgehead atoms. The summed E-state index contributed by atoms with van der Waals surface area (Å²) in [4.78, 5) is 37.7. The van der Waals surface area contributed by atoms with E-state index in [1.165, 1.54) is 11.1 Å². The van der Waals surface area contributed by atoms with E-state index in [1.807, 2.05) is 0 Å². The molecule has 168 valence electrons. The van der Waals surface area contributed by atoms with Crippen molar-refractivity contribution >= 4 is 23.6 Å². The number of fused-ring (bicyclic) bond motifs is 2. The number of carbonyl (C=O) groups excluding carboxylic acids is 2. The molecule has 2 aromatic heterocycles. The average Bonchev–Trinajstić information content (AvgIpc) is 3.37. The summed E-state index contributed by atoms with van der Waals surface area (Å²) in [6.45, 7) is 3.34. The lowest BCUT2D eigenvalue weighted by molar-refractivity contribution is -0.118. The first-order valence-corrected chi connectivity index (χ1v) is 10.6. The molecule has 5 rings (SSSR count). The fourth-order valence-corrected chi connectivity index (χ4v) is 4.30. The molecule has 11 heteroatoms. The van der Waals surface area contributed by atoms with Crippen molar-refractivity contribution in [2.75, 3.05) is 36.5 Å². The predicted molar refractivity (Wildman–Crippen MR) is 111 cm³/mol. The smallest absolute Gasteiger partial charge is 0.415 e. The third-order valence-electron chi connectivity index (χ3n) is 5.94. The Balaban J connectivity index is 1.10. The Morgan fingerprint density at radius 2 is 2.16 bits per heavy atom. The van der Waals surface area contributed by atoms with Gasteiger partial charge in [0.1, 0.15) is 11.9 Å². The SMILES string of the molecule is Cc1ncc2c(c1F)CC(CNCC[C@H]1CN(c3cnc4c(n3)NC(=O)CO4)C(=O)O1)C2. The molecule has 2 aliphatic heterocycles. The van der Waals surface area contributed by atoms with Gasteiger partial charge in [0.2, 0.25) is 0 Å². The van der Waals surface area contributed by atoms with Gasteiger partial charge in [-0.1, -0.05) is 0 Å². The number of nitrogens with one attached hydrogen (secondary N) is 2. The average molecular weight is 442 g/mol. The molecular weight excluding hydrogens is 419 g/mol. The molecule has 1 unspecified atom stereocenters. The predicted octanol–water partition coefficient (Wildman–Crippen LogP) is 1.37. The molecule has 4 heterocycles. The standard InChI is InChI=1S/C21H23FN6O4/c1-11-18(22)15-5-12(4-13(15)7-24-11)6-23-3-2-14-9-28(21(30)32-14)16-8-25-20-19(26-16)27-17(29)10-31-20/h7-8,12,14,23H,2-6,9-10H2,1H3,(H,26,27,29)/t12?,14-/m0/s1. The number of amides is 2. The molecule has 2 aromatic rings. The Kier molecular flexibility index (Phi) is 5.33. The monoisotopic (exact) mass is 442 g/mol. The van der Waals surface area contributed by atoms with Gasteiger partial charge in [-0.3, -0.25) is 14.7 Å². The zero-order valence-corrected chi connectivity index (χ0v) is 17.6. The quantitative estimate of drug-likeness (QED) is 0.644. The van der Waals surface area contributed by atoms with E-state index >= 15 is 0 Å². The van der Waals surface area contributed by atoms with Crippen molar-refractivity contribution in [2.24, 2.45) is 5.92 Å². The first-order chi connectivity index (χ1) is 15.5. The van der Waals surface area contributed by atoms with Crippen molar-refractivity contribution in [1.82, 2.24) is 20.3 Å². The molecule has 2 atom stereocenters. The molecule has 0 radical (unpaired) electrons. The van der Waals surface area contributed by atoms with Crippen molar-refractivity contribution in [3.05, 3.63) is 35.0 Å². The van der Waals surface area contributed by atoms with E-state index in [0.717, 1.165) is 24.1 Å². The minimum atomic E-state index is -0.503. The zero-order chi connectivity index (χ0) is 22.2. The maximum Gasteiger partial charge on any atom is 0.415 e. The van der Waals surface area contributed by atoms with Crippen LogP contribution in [0.3, 0.4) is 0 Å². The number of ether oxygens (including phenoxy) is 2. The van der Waals surface area contributed by atoms with Crippen molar-refractivity contribution in [3.63, 3.8) is 0 Å². The molecule has 2 amide bonds. The summed E-state index contributed by atoms with van der Waals surface area (Å²) in [5.41, 5.74) is 2.23. The third kappa shape index (κ3) is 3.95. The van der Waals surface area contributed by atoms with Crippen LogP contribution in [-0.2, 0) is 22.4 Å². The number of carbonyl (C=O) groups is 2. The summed E-state index contributed by atoms with van der Waals surface area (Å²) >= 11 is 0. The van der Waals surface area contributed by atoms with Gasteiger partial charge in [-0.05, 0) is 56.3 Å². The molecule has 10 nitrogen and oxygen atoms in total. The van der Waals surface area contributed by atoms with Crippen LogP contribution in [0.2, 0.25) is 0 Å². The largest absolute Gasteiger partial charge is 0.465 e. The van der Waals surface area contributed by atoms with Crippen LogP contribution in [0.4, 0.5) is 20.8 Å². The lowest BCUT2D eigenvalue weighted by atomic mass is 10.1.